The van der Waals surface area contributed by atoms with Crippen molar-refractivity contribution in [3.8, 4) is 100 Å². The zero-order valence-electron chi connectivity index (χ0n) is 78.9. The number of aromatic nitrogens is 2. The summed E-state index contributed by atoms with van der Waals surface area (Å²) in [4.78, 5) is 4.85. The van der Waals surface area contributed by atoms with Crippen molar-refractivity contribution in [1.29, 1.82) is 0 Å². The van der Waals surface area contributed by atoms with Crippen molar-refractivity contribution < 1.29 is 0 Å². The minimum absolute atomic E-state index is 1.08. The van der Waals surface area contributed by atoms with Gasteiger partial charge in [0.05, 0.1) is 27.8 Å². The fraction of sp³-hybridized carbons (Fsp3) is 0. The van der Waals surface area contributed by atoms with Gasteiger partial charge in [-0.15, -0.1) is 0 Å². The highest BCUT2D eigenvalue weighted by molar-refractivity contribution is 6.31. The van der Waals surface area contributed by atoms with E-state index < -0.39 is 0 Å². The summed E-state index contributed by atoms with van der Waals surface area (Å²) in [6.45, 7) is 0. The molecule has 4 nitrogen and oxygen atoms in total. The van der Waals surface area contributed by atoms with Crippen molar-refractivity contribution in [3.05, 3.63) is 558 Å². The van der Waals surface area contributed by atoms with Crippen LogP contribution < -0.4 is 9.80 Å². The Labute approximate surface area is 835 Å². The molecule has 672 valence electrons. The van der Waals surface area contributed by atoms with Crippen LogP contribution in [0.25, 0.3) is 230 Å². The molecule has 28 aromatic rings. The van der Waals surface area contributed by atoms with Crippen LogP contribution in [-0.4, -0.2) is 9.13 Å². The van der Waals surface area contributed by atoms with Crippen molar-refractivity contribution in [2.75, 3.05) is 9.80 Å². The second kappa shape index (κ2) is 35.8. The van der Waals surface area contributed by atoms with Gasteiger partial charge >= 0.3 is 0 Å². The molecule has 0 spiro atoms. The van der Waals surface area contributed by atoms with Crippen LogP contribution in [0.1, 0.15) is 0 Å². The Balaban J connectivity index is 0.000000144. The zero-order valence-corrected chi connectivity index (χ0v) is 78.9. The summed E-state index contributed by atoms with van der Waals surface area (Å²) in [5.41, 5.74) is 33.0. The minimum atomic E-state index is 1.08. The fourth-order valence-corrected chi connectivity index (χ4v) is 22.9. The van der Waals surface area contributed by atoms with Gasteiger partial charge in [-0.1, -0.05) is 413 Å². The maximum atomic E-state index is 2.47. The van der Waals surface area contributed by atoms with E-state index in [1.807, 2.05) is 0 Å². The van der Waals surface area contributed by atoms with E-state index >= 15 is 0 Å². The normalized spacial score (nSPS) is 11.6. The summed E-state index contributed by atoms with van der Waals surface area (Å²) in [5.74, 6) is 0. The van der Waals surface area contributed by atoms with Gasteiger partial charge < -0.3 is 18.9 Å². The summed E-state index contributed by atoms with van der Waals surface area (Å²) >= 11 is 0. The second-order valence-corrected chi connectivity index (χ2v) is 37.6. The molecule has 0 saturated heterocycles. The van der Waals surface area contributed by atoms with Crippen molar-refractivity contribution in [2.45, 2.75) is 0 Å². The van der Waals surface area contributed by atoms with Crippen molar-refractivity contribution in [2.24, 2.45) is 0 Å². The minimum Gasteiger partial charge on any atom is -0.310 e. The average molecular weight is 1830 g/mol. The quantitative estimate of drug-likeness (QED) is 0.0897. The summed E-state index contributed by atoms with van der Waals surface area (Å²) < 4.78 is 4.85. The molecule has 0 bridgehead atoms. The molecule has 0 aliphatic carbocycles. The second-order valence-electron chi connectivity index (χ2n) is 37.6. The van der Waals surface area contributed by atoms with Gasteiger partial charge in [0.2, 0.25) is 0 Å². The summed E-state index contributed by atoms with van der Waals surface area (Å²) in [6.07, 6.45) is 0. The molecule has 2 aromatic heterocycles. The predicted molar refractivity (Wildman–Crippen MR) is 614 cm³/mol. The van der Waals surface area contributed by atoms with E-state index in [9.17, 15) is 0 Å². The van der Waals surface area contributed by atoms with Crippen LogP contribution in [-0.2, 0) is 0 Å². The molecule has 0 aliphatic rings. The van der Waals surface area contributed by atoms with Gasteiger partial charge in [0, 0.05) is 72.1 Å². The lowest BCUT2D eigenvalue weighted by molar-refractivity contribution is 1.17. The standard InChI is InChI=1S/C74H48N2.C66H44N2/c1-4-20-49(21-5-1)53-38-44-69-67(47-53)68-48-54(50-22-6-2-7-23-50)39-45-70(68)76(69)58-42-40-57(41-43-58)75(56-26-8-3-9-27-56)74-65-34-18-16-32-63(65)73(64-33-17-19-35-66(64)74)72-61-30-14-12-28-59(61)71(60-29-13-15-31-62(60)72)55-37-36-51-24-10-11-25-52(51)46-55;1-4-17-45(18-5-1)49-33-39-63-61(43-49)62-44-50(46-19-6-2-7-20-46)34-40-64(62)68(63)55-37-35-54(36-38-55)67(53-24-8-3-9-25-53)56-26-16-23-51(42-56)65-57-27-12-14-29-59(57)66(60-30-15-13-28-58(60)65)52-32-31-47-21-10-11-22-48(47)41-52/h1-48H;1-44H. The lowest BCUT2D eigenvalue weighted by Gasteiger charge is -2.30. The van der Waals surface area contributed by atoms with Crippen LogP contribution in [0.4, 0.5) is 34.1 Å². The molecule has 0 radical (unpaired) electrons. The summed E-state index contributed by atoms with van der Waals surface area (Å²) in [5, 5.41) is 24.6. The Morgan fingerprint density at radius 3 is 0.674 bits per heavy atom. The van der Waals surface area contributed by atoms with Crippen LogP contribution in [0.2, 0.25) is 0 Å². The van der Waals surface area contributed by atoms with Gasteiger partial charge in [0.1, 0.15) is 0 Å². The Hall–Kier alpha value is -19.0. The predicted octanol–water partition coefficient (Wildman–Crippen LogP) is 39.1. The third kappa shape index (κ3) is 14.7. The Morgan fingerprint density at radius 2 is 0.347 bits per heavy atom. The molecule has 0 N–H and O–H groups in total. The van der Waals surface area contributed by atoms with E-state index in [4.69, 9.17) is 0 Å². The number of anilines is 6. The molecule has 144 heavy (non-hydrogen) atoms. The molecule has 0 atom stereocenters. The van der Waals surface area contributed by atoms with Gasteiger partial charge in [0.25, 0.3) is 0 Å². The third-order valence-corrected chi connectivity index (χ3v) is 29.4. The van der Waals surface area contributed by atoms with Crippen molar-refractivity contribution in [1.82, 2.24) is 9.13 Å². The number of rotatable bonds is 16. The highest BCUT2D eigenvalue weighted by atomic mass is 15.2. The topological polar surface area (TPSA) is 16.3 Å². The van der Waals surface area contributed by atoms with E-state index in [-0.39, 0.29) is 0 Å². The summed E-state index contributed by atoms with van der Waals surface area (Å²) in [6, 6.07) is 205. The lowest BCUT2D eigenvalue weighted by Crippen LogP contribution is -2.11. The van der Waals surface area contributed by atoms with E-state index in [2.05, 4.69) is 577 Å². The van der Waals surface area contributed by atoms with E-state index in [1.54, 1.807) is 0 Å². The first-order chi connectivity index (χ1) is 71.5. The maximum Gasteiger partial charge on any atom is 0.0618 e. The van der Waals surface area contributed by atoms with E-state index in [0.717, 1.165) is 45.5 Å². The first-order valence-electron chi connectivity index (χ1n) is 49.7. The van der Waals surface area contributed by atoms with Crippen LogP contribution in [0.5, 0.6) is 0 Å². The molecule has 0 fully saturated rings. The maximum absolute atomic E-state index is 2.47. The molecule has 26 aromatic carbocycles. The fourth-order valence-electron chi connectivity index (χ4n) is 22.9. The molecule has 2 heterocycles. The van der Waals surface area contributed by atoms with Gasteiger partial charge in [-0.25, -0.2) is 0 Å². The largest absolute Gasteiger partial charge is 0.310 e. The molecule has 0 unspecified atom stereocenters. The molecule has 0 saturated carbocycles. The first kappa shape index (κ1) is 84.3. The van der Waals surface area contributed by atoms with Crippen LogP contribution in [0.15, 0.2) is 558 Å². The molecule has 28 rings (SSSR count). The third-order valence-electron chi connectivity index (χ3n) is 29.4. The number of benzene rings is 26. The smallest absolute Gasteiger partial charge is 0.0618 e. The van der Waals surface area contributed by atoms with Gasteiger partial charge in [-0.05, 0) is 310 Å². The highest BCUT2D eigenvalue weighted by Gasteiger charge is 2.29. The highest BCUT2D eigenvalue weighted by Crippen LogP contribution is 2.55. The van der Waals surface area contributed by atoms with Gasteiger partial charge in [-0.2, -0.15) is 0 Å². The molecular weight excluding hydrogens is 1740 g/mol. The Bertz CT molecular complexity index is 9500. The Morgan fingerprint density at radius 1 is 0.118 bits per heavy atom. The van der Waals surface area contributed by atoms with Crippen molar-refractivity contribution in [3.63, 3.8) is 0 Å². The van der Waals surface area contributed by atoms with Crippen LogP contribution >= 0.6 is 0 Å². The molecule has 0 amide bonds. The molecular formula is C140H92N4. The number of hydrogen-bond donors (Lipinski definition) is 0. The summed E-state index contributed by atoms with van der Waals surface area (Å²) in [7, 11) is 0. The lowest BCUT2D eigenvalue weighted by atomic mass is 9.82. The molecule has 0 aliphatic heterocycles. The first-order valence-corrected chi connectivity index (χ1v) is 49.7. The number of fused-ring (bicyclic) bond motifs is 14. The SMILES string of the molecule is c1ccc(-c2ccc3c(c2)c2cc(-c4ccccc4)ccc2n3-c2ccc(N(c3ccccc3)c3c4ccccc4c(-c4c5ccccc5c(-c5ccc6ccccc6c5)c5ccccc45)c4ccccc34)cc2)cc1.c1ccc(-c2ccc3c(c2)c2cc(-c4ccccc4)ccc2n3-c2ccc(N(c3ccccc3)c3cccc(-c4c5ccccc5c(-c5ccc6ccccc6c5)c5ccccc45)c3)cc2)cc1. The Kier molecular flexibility index (Phi) is 20.9. The number of hydrogen-bond acceptors (Lipinski definition) is 2. The van der Waals surface area contributed by atoms with Crippen molar-refractivity contribution >= 4 is 164 Å². The van der Waals surface area contributed by atoms with Crippen LogP contribution in [0.3, 0.4) is 0 Å². The average Bonchev–Trinajstić information content (AvgIpc) is 0.982. The van der Waals surface area contributed by atoms with E-state index in [0.29, 0.717) is 0 Å². The monoisotopic (exact) mass is 1830 g/mol. The van der Waals surface area contributed by atoms with Crippen LogP contribution in [0, 0.1) is 0 Å². The van der Waals surface area contributed by atoms with E-state index in [1.165, 1.54) is 219 Å². The zero-order chi connectivity index (χ0) is 95.1. The number of para-hydroxylation sites is 2. The van der Waals surface area contributed by atoms with Gasteiger partial charge in [0.15, 0.2) is 0 Å². The van der Waals surface area contributed by atoms with Gasteiger partial charge in [-0.3, -0.25) is 0 Å². The number of nitrogens with zero attached hydrogens (tertiary/aromatic N) is 4. The molecule has 4 heteroatoms.